The van der Waals surface area contributed by atoms with Crippen molar-refractivity contribution in [2.45, 2.75) is 33.3 Å². The molecule has 0 aliphatic heterocycles. The lowest BCUT2D eigenvalue weighted by molar-refractivity contribution is 0.0845. The van der Waals surface area contributed by atoms with Crippen LogP contribution in [-0.4, -0.2) is 42.8 Å². The first kappa shape index (κ1) is 15.6. The number of anilines is 2. The van der Waals surface area contributed by atoms with E-state index in [9.17, 15) is 4.39 Å². The third kappa shape index (κ3) is 5.38. The summed E-state index contributed by atoms with van der Waals surface area (Å²) in [5, 5.41) is 3.04. The summed E-state index contributed by atoms with van der Waals surface area (Å²) >= 11 is 0. The van der Waals surface area contributed by atoms with E-state index in [1.165, 1.54) is 6.20 Å². The molecule has 1 aromatic rings. The summed E-state index contributed by atoms with van der Waals surface area (Å²) in [6.45, 7) is 7.88. The molecule has 1 N–H and O–H groups in total. The number of aromatic nitrogens is 2. The van der Waals surface area contributed by atoms with E-state index in [1.54, 1.807) is 11.9 Å². The van der Waals surface area contributed by atoms with Gasteiger partial charge in [-0.2, -0.15) is 4.98 Å². The van der Waals surface area contributed by atoms with Gasteiger partial charge in [0.15, 0.2) is 11.6 Å². The molecule has 0 saturated heterocycles. The number of nitrogens with one attached hydrogen (secondary N) is 1. The quantitative estimate of drug-likeness (QED) is 0.785. The van der Waals surface area contributed by atoms with Crippen molar-refractivity contribution in [1.82, 2.24) is 9.97 Å². The lowest BCUT2D eigenvalue weighted by Crippen LogP contribution is -2.26. The zero-order valence-electron chi connectivity index (χ0n) is 12.1. The Hall–Kier alpha value is -1.43. The van der Waals surface area contributed by atoms with E-state index in [1.807, 2.05) is 20.8 Å². The molecule has 0 radical (unpaired) electrons. The first-order valence-corrected chi connectivity index (χ1v) is 6.63. The number of hydrogen-bond donors (Lipinski definition) is 1. The molecule has 0 bridgehead atoms. The van der Waals surface area contributed by atoms with Crippen molar-refractivity contribution < 1.29 is 9.13 Å². The fraction of sp³-hybridized carbons (Fsp3) is 0.692. The largest absolute Gasteiger partial charge is 0.377 e. The Morgan fingerprint density at radius 1 is 1.47 bits per heavy atom. The normalized spacial score (nSPS) is 10.8. The highest BCUT2D eigenvalue weighted by Gasteiger charge is 2.11. The van der Waals surface area contributed by atoms with Gasteiger partial charge in [-0.3, -0.25) is 0 Å². The van der Waals surface area contributed by atoms with E-state index in [0.717, 1.165) is 13.0 Å². The number of hydrogen-bond acceptors (Lipinski definition) is 5. The van der Waals surface area contributed by atoms with Gasteiger partial charge in [0.25, 0.3) is 0 Å². The molecule has 108 valence electrons. The van der Waals surface area contributed by atoms with Crippen LogP contribution in [0.5, 0.6) is 0 Å². The van der Waals surface area contributed by atoms with Gasteiger partial charge in [-0.05, 0) is 20.3 Å². The average molecular weight is 270 g/mol. The van der Waals surface area contributed by atoms with Crippen LogP contribution in [0.25, 0.3) is 0 Å². The van der Waals surface area contributed by atoms with Crippen molar-refractivity contribution in [1.29, 1.82) is 0 Å². The van der Waals surface area contributed by atoms with Crippen LogP contribution in [0.15, 0.2) is 6.20 Å². The molecule has 0 saturated carbocycles. The molecular weight excluding hydrogens is 247 g/mol. The Kier molecular flexibility index (Phi) is 6.49. The Balaban J connectivity index is 2.63. The molecule has 5 nitrogen and oxygen atoms in total. The van der Waals surface area contributed by atoms with Gasteiger partial charge < -0.3 is 15.0 Å². The molecule has 1 heterocycles. The number of likely N-dealkylation sites (N-methyl/N-ethyl adjacent to an activating group) is 1. The van der Waals surface area contributed by atoms with Crippen LogP contribution < -0.4 is 10.2 Å². The Morgan fingerprint density at radius 3 is 2.84 bits per heavy atom. The van der Waals surface area contributed by atoms with E-state index in [4.69, 9.17) is 4.74 Å². The highest BCUT2D eigenvalue weighted by molar-refractivity contribution is 5.43. The summed E-state index contributed by atoms with van der Waals surface area (Å²) in [7, 11) is 1.79. The van der Waals surface area contributed by atoms with Crippen LogP contribution in [0.1, 0.15) is 27.2 Å². The fourth-order valence-electron chi connectivity index (χ4n) is 1.48. The van der Waals surface area contributed by atoms with Gasteiger partial charge in [-0.1, -0.05) is 6.92 Å². The molecule has 0 aliphatic rings. The lowest BCUT2D eigenvalue weighted by Gasteiger charge is -2.19. The Labute approximate surface area is 114 Å². The number of ether oxygens (including phenoxy) is 1. The van der Waals surface area contributed by atoms with E-state index in [2.05, 4.69) is 15.3 Å². The van der Waals surface area contributed by atoms with Crippen LogP contribution in [0.2, 0.25) is 0 Å². The third-order valence-electron chi connectivity index (χ3n) is 2.50. The second-order valence-corrected chi connectivity index (χ2v) is 4.63. The Bertz CT molecular complexity index is 387. The summed E-state index contributed by atoms with van der Waals surface area (Å²) in [5.74, 6) is 0.324. The first-order chi connectivity index (χ1) is 9.04. The van der Waals surface area contributed by atoms with Crippen LogP contribution in [0, 0.1) is 5.82 Å². The molecule has 0 atom stereocenters. The summed E-state index contributed by atoms with van der Waals surface area (Å²) in [4.78, 5) is 9.83. The molecule has 0 spiro atoms. The molecule has 0 fully saturated rings. The molecule has 19 heavy (non-hydrogen) atoms. The summed E-state index contributed by atoms with van der Waals surface area (Å²) in [5.41, 5.74) is 0. The summed E-state index contributed by atoms with van der Waals surface area (Å²) < 4.78 is 19.1. The van der Waals surface area contributed by atoms with Crippen molar-refractivity contribution in [3.05, 3.63) is 12.0 Å². The predicted molar refractivity (Wildman–Crippen MR) is 75.1 cm³/mol. The van der Waals surface area contributed by atoms with Gasteiger partial charge in [0.05, 0.1) is 18.9 Å². The molecule has 0 aromatic carbocycles. The minimum atomic E-state index is -0.422. The highest BCUT2D eigenvalue weighted by Crippen LogP contribution is 2.15. The van der Waals surface area contributed by atoms with Crippen LogP contribution in [-0.2, 0) is 4.74 Å². The zero-order valence-corrected chi connectivity index (χ0v) is 12.1. The number of halogens is 1. The fourth-order valence-corrected chi connectivity index (χ4v) is 1.48. The smallest absolute Gasteiger partial charge is 0.224 e. The maximum atomic E-state index is 13.7. The molecule has 1 rings (SSSR count). The van der Waals surface area contributed by atoms with Gasteiger partial charge >= 0.3 is 0 Å². The molecule has 0 aliphatic carbocycles. The second-order valence-electron chi connectivity index (χ2n) is 4.63. The van der Waals surface area contributed by atoms with Gasteiger partial charge in [-0.15, -0.1) is 0 Å². The van der Waals surface area contributed by atoms with Crippen molar-refractivity contribution in [3.8, 4) is 0 Å². The molecular formula is C13H23FN4O. The maximum Gasteiger partial charge on any atom is 0.224 e. The van der Waals surface area contributed by atoms with Gasteiger partial charge in [0, 0.05) is 20.1 Å². The van der Waals surface area contributed by atoms with E-state index < -0.39 is 5.82 Å². The van der Waals surface area contributed by atoms with E-state index in [-0.39, 0.29) is 6.10 Å². The van der Waals surface area contributed by atoms with Crippen LogP contribution >= 0.6 is 0 Å². The molecule has 6 heteroatoms. The van der Waals surface area contributed by atoms with Crippen LogP contribution in [0.3, 0.4) is 0 Å². The van der Waals surface area contributed by atoms with Crippen molar-refractivity contribution in [2.75, 3.05) is 37.0 Å². The van der Waals surface area contributed by atoms with Crippen molar-refractivity contribution in [2.24, 2.45) is 0 Å². The SMILES string of the molecule is CCCNc1ncc(F)c(N(C)CCOC(C)C)n1. The minimum absolute atomic E-state index is 0.172. The van der Waals surface area contributed by atoms with E-state index >= 15 is 0 Å². The number of rotatable bonds is 8. The number of nitrogens with zero attached hydrogens (tertiary/aromatic N) is 3. The second kappa shape index (κ2) is 7.89. The Morgan fingerprint density at radius 2 is 2.21 bits per heavy atom. The van der Waals surface area contributed by atoms with Gasteiger partial charge in [0.1, 0.15) is 0 Å². The van der Waals surface area contributed by atoms with Gasteiger partial charge in [0.2, 0.25) is 5.95 Å². The summed E-state index contributed by atoms with van der Waals surface area (Å²) in [6.07, 6.45) is 2.33. The van der Waals surface area contributed by atoms with Gasteiger partial charge in [-0.25, -0.2) is 9.37 Å². The van der Waals surface area contributed by atoms with Crippen LogP contribution in [0.4, 0.5) is 16.2 Å². The van der Waals surface area contributed by atoms with Crippen molar-refractivity contribution >= 4 is 11.8 Å². The van der Waals surface area contributed by atoms with Crippen molar-refractivity contribution in [3.63, 3.8) is 0 Å². The molecule has 0 amide bonds. The minimum Gasteiger partial charge on any atom is -0.377 e. The monoisotopic (exact) mass is 270 g/mol. The lowest BCUT2D eigenvalue weighted by atomic mass is 10.4. The maximum absolute atomic E-state index is 13.7. The molecule has 0 unspecified atom stereocenters. The average Bonchev–Trinajstić information content (AvgIpc) is 2.37. The van der Waals surface area contributed by atoms with E-state index in [0.29, 0.717) is 24.9 Å². The highest BCUT2D eigenvalue weighted by atomic mass is 19.1. The summed E-state index contributed by atoms with van der Waals surface area (Å²) in [6, 6.07) is 0. The molecule has 1 aromatic heterocycles. The zero-order chi connectivity index (χ0) is 14.3. The first-order valence-electron chi connectivity index (χ1n) is 6.63. The third-order valence-corrected chi connectivity index (χ3v) is 2.50. The topological polar surface area (TPSA) is 50.3 Å². The standard InChI is InChI=1S/C13H23FN4O/c1-5-6-15-13-16-9-11(14)12(17-13)18(4)7-8-19-10(2)3/h9-10H,5-8H2,1-4H3,(H,15,16,17). The predicted octanol–water partition coefficient (Wildman–Crippen LogP) is 2.30.